The lowest BCUT2D eigenvalue weighted by Crippen LogP contribution is -2.18. The SMILES string of the molecule is COc1ccc(NC(=O)c2ccco2)cc1NC(=O)[C@@H]1[C@H](C(=O)O)C1(C)C. The Balaban J connectivity index is 1.77. The highest BCUT2D eigenvalue weighted by Crippen LogP contribution is 2.58. The topological polar surface area (TPSA) is 118 Å². The highest BCUT2D eigenvalue weighted by atomic mass is 16.5. The summed E-state index contributed by atoms with van der Waals surface area (Å²) >= 11 is 0. The maximum atomic E-state index is 12.6. The lowest BCUT2D eigenvalue weighted by atomic mass is 10.1. The standard InChI is InChI=1S/C19H20N2O6/c1-19(2)14(15(19)18(24)25)17(23)21-11-9-10(6-7-12(11)26-3)20-16(22)13-5-4-8-27-13/h4-9,14-15H,1-3H3,(H,20,22)(H,21,23)(H,24,25)/t14-,15+/m0/s1. The third-order valence-electron chi connectivity index (χ3n) is 4.84. The van der Waals surface area contributed by atoms with Crippen LogP contribution < -0.4 is 15.4 Å². The molecule has 0 unspecified atom stereocenters. The molecular formula is C19H20N2O6. The van der Waals surface area contributed by atoms with Crippen LogP contribution in [0.3, 0.4) is 0 Å². The number of carboxylic acids is 1. The predicted octanol–water partition coefficient (Wildman–Crippen LogP) is 2.84. The number of ether oxygens (including phenoxy) is 1. The summed E-state index contributed by atoms with van der Waals surface area (Å²) in [5.41, 5.74) is 0.151. The van der Waals surface area contributed by atoms with Gasteiger partial charge in [-0.1, -0.05) is 13.8 Å². The number of methoxy groups -OCH3 is 1. The number of carboxylic acid groups (broad SMARTS) is 1. The molecule has 142 valence electrons. The Kier molecular flexibility index (Phi) is 4.65. The van der Waals surface area contributed by atoms with E-state index >= 15 is 0 Å². The van der Waals surface area contributed by atoms with Gasteiger partial charge in [0.05, 0.1) is 30.9 Å². The minimum atomic E-state index is -0.994. The summed E-state index contributed by atoms with van der Waals surface area (Å²) in [4.78, 5) is 36.0. The first kappa shape index (κ1) is 18.5. The first-order chi connectivity index (χ1) is 12.8. The molecule has 0 bridgehead atoms. The van der Waals surface area contributed by atoms with Gasteiger partial charge in [0.25, 0.3) is 5.91 Å². The zero-order valence-corrected chi connectivity index (χ0v) is 15.1. The van der Waals surface area contributed by atoms with Crippen molar-refractivity contribution in [3.8, 4) is 5.75 Å². The van der Waals surface area contributed by atoms with Gasteiger partial charge in [-0.05, 0) is 35.7 Å². The highest BCUT2D eigenvalue weighted by Gasteiger charge is 2.65. The van der Waals surface area contributed by atoms with E-state index in [1.807, 2.05) is 0 Å². The average molecular weight is 372 g/mol. The molecule has 8 heteroatoms. The maximum absolute atomic E-state index is 12.6. The minimum Gasteiger partial charge on any atom is -0.495 e. The van der Waals surface area contributed by atoms with E-state index < -0.39 is 35.0 Å². The first-order valence-electron chi connectivity index (χ1n) is 8.32. The van der Waals surface area contributed by atoms with Gasteiger partial charge >= 0.3 is 5.97 Å². The van der Waals surface area contributed by atoms with Crippen molar-refractivity contribution in [2.75, 3.05) is 17.7 Å². The summed E-state index contributed by atoms with van der Waals surface area (Å²) in [6, 6.07) is 7.90. The first-order valence-corrected chi connectivity index (χ1v) is 8.32. The average Bonchev–Trinajstić information content (AvgIpc) is 2.97. The van der Waals surface area contributed by atoms with Gasteiger partial charge < -0.3 is 24.9 Å². The number of amides is 2. The molecule has 3 N–H and O–H groups in total. The van der Waals surface area contributed by atoms with Crippen molar-refractivity contribution in [1.29, 1.82) is 0 Å². The number of hydrogen-bond donors (Lipinski definition) is 3. The van der Waals surface area contributed by atoms with Crippen LogP contribution in [0.15, 0.2) is 41.0 Å². The summed E-state index contributed by atoms with van der Waals surface area (Å²) in [5, 5.41) is 14.6. The molecule has 0 spiro atoms. The summed E-state index contributed by atoms with van der Waals surface area (Å²) in [6.45, 7) is 3.49. The Hall–Kier alpha value is -3.29. The number of carbonyl (C=O) groups is 3. The molecule has 27 heavy (non-hydrogen) atoms. The maximum Gasteiger partial charge on any atom is 0.307 e. The minimum absolute atomic E-state index is 0.153. The fourth-order valence-corrected chi connectivity index (χ4v) is 3.28. The molecule has 2 amide bonds. The van der Waals surface area contributed by atoms with Gasteiger partial charge in [0.2, 0.25) is 5.91 Å². The van der Waals surface area contributed by atoms with Crippen LogP contribution in [-0.2, 0) is 9.59 Å². The lowest BCUT2D eigenvalue weighted by molar-refractivity contribution is -0.140. The Bertz CT molecular complexity index is 888. The van der Waals surface area contributed by atoms with Gasteiger partial charge in [-0.3, -0.25) is 14.4 Å². The Labute approximate surface area is 155 Å². The number of nitrogens with one attached hydrogen (secondary N) is 2. The largest absolute Gasteiger partial charge is 0.495 e. The predicted molar refractivity (Wildman–Crippen MR) is 96.7 cm³/mol. The van der Waals surface area contributed by atoms with Crippen molar-refractivity contribution < 1.29 is 28.6 Å². The summed E-state index contributed by atoms with van der Waals surface area (Å²) < 4.78 is 10.3. The smallest absolute Gasteiger partial charge is 0.307 e. The molecule has 0 radical (unpaired) electrons. The van der Waals surface area contributed by atoms with E-state index in [1.54, 1.807) is 38.1 Å². The van der Waals surface area contributed by atoms with Gasteiger partial charge in [-0.2, -0.15) is 0 Å². The Morgan fingerprint density at radius 3 is 2.44 bits per heavy atom. The van der Waals surface area contributed by atoms with Crippen LogP contribution in [0.2, 0.25) is 0 Å². The number of aliphatic carboxylic acids is 1. The molecule has 1 fully saturated rings. The molecule has 1 aliphatic rings. The summed E-state index contributed by atoms with van der Waals surface area (Å²) in [6.07, 6.45) is 1.39. The van der Waals surface area contributed by atoms with E-state index in [0.29, 0.717) is 17.1 Å². The second kappa shape index (κ2) is 6.79. The molecule has 3 rings (SSSR count). The van der Waals surface area contributed by atoms with Crippen LogP contribution in [0, 0.1) is 17.3 Å². The van der Waals surface area contributed by atoms with Gasteiger partial charge in [-0.25, -0.2) is 0 Å². The van der Waals surface area contributed by atoms with Crippen LogP contribution in [0.5, 0.6) is 5.75 Å². The number of carbonyl (C=O) groups excluding carboxylic acids is 2. The molecule has 1 heterocycles. The molecule has 1 aromatic carbocycles. The van der Waals surface area contributed by atoms with Gasteiger partial charge in [0.15, 0.2) is 5.76 Å². The zero-order valence-electron chi connectivity index (χ0n) is 15.1. The fourth-order valence-electron chi connectivity index (χ4n) is 3.28. The van der Waals surface area contributed by atoms with Crippen LogP contribution >= 0.6 is 0 Å². The molecule has 0 aliphatic heterocycles. The third kappa shape index (κ3) is 3.51. The van der Waals surface area contributed by atoms with E-state index in [9.17, 15) is 19.5 Å². The Morgan fingerprint density at radius 1 is 1.15 bits per heavy atom. The lowest BCUT2D eigenvalue weighted by Gasteiger charge is -2.13. The monoisotopic (exact) mass is 372 g/mol. The van der Waals surface area contributed by atoms with E-state index in [0.717, 1.165) is 0 Å². The molecule has 1 saturated carbocycles. The van der Waals surface area contributed by atoms with Gasteiger partial charge in [0, 0.05) is 5.69 Å². The quantitative estimate of drug-likeness (QED) is 0.718. The van der Waals surface area contributed by atoms with Crippen LogP contribution in [0.25, 0.3) is 0 Å². The van der Waals surface area contributed by atoms with E-state index in [2.05, 4.69) is 10.6 Å². The summed E-state index contributed by atoms with van der Waals surface area (Å²) in [7, 11) is 1.45. The third-order valence-corrected chi connectivity index (χ3v) is 4.84. The van der Waals surface area contributed by atoms with Crippen LogP contribution in [-0.4, -0.2) is 30.0 Å². The van der Waals surface area contributed by atoms with Crippen molar-refractivity contribution in [3.63, 3.8) is 0 Å². The Morgan fingerprint density at radius 2 is 1.89 bits per heavy atom. The number of hydrogen-bond acceptors (Lipinski definition) is 5. The number of rotatable bonds is 6. The second-order valence-electron chi connectivity index (χ2n) is 6.95. The van der Waals surface area contributed by atoms with E-state index in [-0.39, 0.29) is 5.76 Å². The van der Waals surface area contributed by atoms with Crippen molar-refractivity contribution in [1.82, 2.24) is 0 Å². The number of anilines is 2. The van der Waals surface area contributed by atoms with Crippen molar-refractivity contribution in [3.05, 3.63) is 42.4 Å². The molecular weight excluding hydrogens is 352 g/mol. The van der Waals surface area contributed by atoms with Gasteiger partial charge in [0.1, 0.15) is 5.75 Å². The van der Waals surface area contributed by atoms with Crippen LogP contribution in [0.4, 0.5) is 11.4 Å². The molecule has 8 nitrogen and oxygen atoms in total. The number of benzene rings is 1. The van der Waals surface area contributed by atoms with Crippen molar-refractivity contribution in [2.45, 2.75) is 13.8 Å². The van der Waals surface area contributed by atoms with E-state index in [4.69, 9.17) is 9.15 Å². The highest BCUT2D eigenvalue weighted by molar-refractivity contribution is 6.04. The van der Waals surface area contributed by atoms with Crippen molar-refractivity contribution >= 4 is 29.2 Å². The molecule has 2 atom stereocenters. The zero-order chi connectivity index (χ0) is 19.8. The normalized spacial score (nSPS) is 19.8. The van der Waals surface area contributed by atoms with Crippen LogP contribution in [0.1, 0.15) is 24.4 Å². The molecule has 1 aromatic heterocycles. The fraction of sp³-hybridized carbons (Fsp3) is 0.316. The number of furan rings is 1. The van der Waals surface area contributed by atoms with Crippen molar-refractivity contribution in [2.24, 2.45) is 17.3 Å². The molecule has 0 saturated heterocycles. The van der Waals surface area contributed by atoms with Gasteiger partial charge in [-0.15, -0.1) is 0 Å². The molecule has 1 aliphatic carbocycles. The molecule has 2 aromatic rings. The second-order valence-corrected chi connectivity index (χ2v) is 6.95. The van der Waals surface area contributed by atoms with E-state index in [1.165, 1.54) is 19.4 Å². The summed E-state index contributed by atoms with van der Waals surface area (Å²) in [5.74, 6) is -2.65.